The van der Waals surface area contributed by atoms with Crippen LogP contribution in [0.2, 0.25) is 0 Å². The van der Waals surface area contributed by atoms with E-state index in [4.69, 9.17) is 5.41 Å². The van der Waals surface area contributed by atoms with E-state index in [1.807, 2.05) is 7.05 Å². The molecule has 0 unspecified atom stereocenters. The molecule has 2 aromatic heterocycles. The summed E-state index contributed by atoms with van der Waals surface area (Å²) in [4.78, 5) is 13.0. The van der Waals surface area contributed by atoms with Crippen LogP contribution in [0.5, 0.6) is 0 Å². The van der Waals surface area contributed by atoms with Crippen molar-refractivity contribution in [3.05, 3.63) is 47.9 Å². The van der Waals surface area contributed by atoms with Gasteiger partial charge in [0.05, 0.1) is 21.7 Å². The fourth-order valence-electron chi connectivity index (χ4n) is 3.68. The van der Waals surface area contributed by atoms with Crippen LogP contribution in [0.3, 0.4) is 0 Å². The molecule has 1 saturated carbocycles. The molecular weight excluding hydrogens is 382 g/mol. The molecule has 0 bridgehead atoms. The summed E-state index contributed by atoms with van der Waals surface area (Å²) < 4.78 is 0. The molecule has 1 aliphatic carbocycles. The lowest BCUT2D eigenvalue weighted by Gasteiger charge is -2.15. The summed E-state index contributed by atoms with van der Waals surface area (Å²) in [6.07, 6.45) is 7.02. The number of rotatable bonds is 5. The molecule has 0 spiro atoms. The van der Waals surface area contributed by atoms with Crippen LogP contribution in [-0.4, -0.2) is 43.3 Å². The maximum absolute atomic E-state index is 8.61. The lowest BCUT2D eigenvalue weighted by atomic mass is 10.1. The van der Waals surface area contributed by atoms with Crippen LogP contribution in [0, 0.1) is 18.3 Å². The van der Waals surface area contributed by atoms with Crippen LogP contribution in [0.1, 0.15) is 30.4 Å². The molecule has 150 valence electrons. The first-order valence-electron chi connectivity index (χ1n) is 9.80. The molecule has 3 N–H and O–H groups in total. The van der Waals surface area contributed by atoms with Crippen molar-refractivity contribution in [3.63, 3.8) is 0 Å². The van der Waals surface area contributed by atoms with E-state index in [0.29, 0.717) is 11.1 Å². The molecule has 29 heavy (non-hydrogen) atoms. The number of aromatic nitrogens is 4. The van der Waals surface area contributed by atoms with Crippen LogP contribution in [0.4, 0.5) is 5.82 Å². The third-order valence-electron chi connectivity index (χ3n) is 5.35. The highest BCUT2D eigenvalue weighted by atomic mass is 32.2. The number of aryl methyl sites for hydroxylation is 1. The summed E-state index contributed by atoms with van der Waals surface area (Å²) in [5.74, 6) is 1.07. The highest BCUT2D eigenvalue weighted by Gasteiger charge is 2.29. The predicted octanol–water partition coefficient (Wildman–Crippen LogP) is 4.22. The van der Waals surface area contributed by atoms with Gasteiger partial charge in [0.1, 0.15) is 12.1 Å². The van der Waals surface area contributed by atoms with Gasteiger partial charge in [-0.15, -0.1) is 0 Å². The fraction of sp³-hybridized carbons (Fsp3) is 0.381. The van der Waals surface area contributed by atoms with Crippen molar-refractivity contribution < 1.29 is 0 Å². The molecule has 2 heterocycles. The van der Waals surface area contributed by atoms with Crippen LogP contribution in [0.25, 0.3) is 11.0 Å². The van der Waals surface area contributed by atoms with E-state index in [1.165, 1.54) is 22.9 Å². The van der Waals surface area contributed by atoms with E-state index >= 15 is 0 Å². The van der Waals surface area contributed by atoms with Gasteiger partial charge in [0, 0.05) is 25.4 Å². The predicted molar refractivity (Wildman–Crippen MR) is 120 cm³/mol. The number of nitrogens with zero attached hydrogens (tertiary/aromatic N) is 4. The minimum absolute atomic E-state index is 0.258. The van der Waals surface area contributed by atoms with E-state index < -0.39 is 0 Å². The SMILES string of the molecule is CN=C(Cc1ccc(C)cc1)SC(=N)[C@H]1CC[C@H](Nc2ncnc3[nH]ncc23)C1. The summed E-state index contributed by atoms with van der Waals surface area (Å²) >= 11 is 1.52. The molecule has 2 atom stereocenters. The fourth-order valence-corrected chi connectivity index (χ4v) is 4.64. The lowest BCUT2D eigenvalue weighted by molar-refractivity contribution is 0.709. The monoisotopic (exact) mass is 407 g/mol. The first kappa shape index (κ1) is 19.6. The van der Waals surface area contributed by atoms with Crippen LogP contribution in [0.15, 0.2) is 41.8 Å². The van der Waals surface area contributed by atoms with Gasteiger partial charge < -0.3 is 5.32 Å². The molecule has 1 aliphatic rings. The van der Waals surface area contributed by atoms with Crippen molar-refractivity contribution in [2.24, 2.45) is 10.9 Å². The molecule has 4 rings (SSSR count). The smallest absolute Gasteiger partial charge is 0.160 e. The Morgan fingerprint density at radius 2 is 2.10 bits per heavy atom. The third-order valence-corrected chi connectivity index (χ3v) is 6.46. The van der Waals surface area contributed by atoms with Gasteiger partial charge in [-0.1, -0.05) is 41.6 Å². The van der Waals surface area contributed by atoms with Gasteiger partial charge >= 0.3 is 0 Å². The number of aliphatic imine (C=N–C) groups is 1. The number of thioether (sulfide) groups is 1. The Labute approximate surface area is 174 Å². The summed E-state index contributed by atoms with van der Waals surface area (Å²) in [5, 5.41) is 21.6. The molecule has 7 nitrogen and oxygen atoms in total. The first-order chi connectivity index (χ1) is 14.1. The Morgan fingerprint density at radius 1 is 1.28 bits per heavy atom. The highest BCUT2D eigenvalue weighted by Crippen LogP contribution is 2.33. The zero-order chi connectivity index (χ0) is 20.2. The minimum atomic E-state index is 0.258. The number of nitrogens with one attached hydrogen (secondary N) is 3. The quantitative estimate of drug-likeness (QED) is 0.434. The van der Waals surface area contributed by atoms with Gasteiger partial charge in [-0.05, 0) is 31.7 Å². The van der Waals surface area contributed by atoms with Gasteiger partial charge in [-0.25, -0.2) is 9.97 Å². The zero-order valence-electron chi connectivity index (χ0n) is 16.6. The standard InChI is InChI=1S/C21H25N7S/c1-13-3-5-14(6-4-13)9-18(23-2)29-19(22)15-7-8-16(10-15)27-20-17-11-26-28-21(17)25-12-24-20/h3-6,11-12,15-16,22H,7-10H2,1-2H3,(H2,24,25,26,27,28)/t15-,16-/m0/s1. The van der Waals surface area contributed by atoms with Crippen molar-refractivity contribution in [1.29, 1.82) is 5.41 Å². The topological polar surface area (TPSA) is 103 Å². The van der Waals surface area contributed by atoms with E-state index in [0.717, 1.165) is 47.6 Å². The normalized spacial score (nSPS) is 19.6. The van der Waals surface area contributed by atoms with E-state index in [1.54, 1.807) is 12.5 Å². The van der Waals surface area contributed by atoms with E-state index in [2.05, 4.69) is 61.7 Å². The minimum Gasteiger partial charge on any atom is -0.367 e. The molecule has 1 fully saturated rings. The Balaban J connectivity index is 1.34. The van der Waals surface area contributed by atoms with Gasteiger partial charge in [0.2, 0.25) is 0 Å². The van der Waals surface area contributed by atoms with Crippen LogP contribution < -0.4 is 5.32 Å². The zero-order valence-corrected chi connectivity index (χ0v) is 17.5. The number of aromatic amines is 1. The molecule has 0 radical (unpaired) electrons. The Kier molecular flexibility index (Phi) is 5.89. The second kappa shape index (κ2) is 8.73. The Hall–Kier alpha value is -2.74. The van der Waals surface area contributed by atoms with Crippen LogP contribution in [-0.2, 0) is 6.42 Å². The Bertz CT molecular complexity index is 1020. The lowest BCUT2D eigenvalue weighted by Crippen LogP contribution is -2.18. The molecule has 3 aromatic rings. The second-order valence-corrected chi connectivity index (χ2v) is 8.57. The van der Waals surface area contributed by atoms with Gasteiger partial charge in [-0.3, -0.25) is 15.5 Å². The average molecular weight is 408 g/mol. The number of fused-ring (bicyclic) bond motifs is 1. The maximum Gasteiger partial charge on any atom is 0.160 e. The summed E-state index contributed by atoms with van der Waals surface area (Å²) in [6, 6.07) is 8.82. The molecule has 0 amide bonds. The number of benzene rings is 1. The van der Waals surface area contributed by atoms with E-state index in [-0.39, 0.29) is 5.92 Å². The van der Waals surface area contributed by atoms with Crippen molar-refractivity contribution in [2.75, 3.05) is 12.4 Å². The molecule has 1 aromatic carbocycles. The average Bonchev–Trinajstić information content (AvgIpc) is 3.39. The summed E-state index contributed by atoms with van der Waals surface area (Å²) in [6.45, 7) is 2.09. The molecule has 8 heteroatoms. The van der Waals surface area contributed by atoms with Gasteiger partial charge in [0.25, 0.3) is 0 Å². The Morgan fingerprint density at radius 3 is 2.90 bits per heavy atom. The maximum atomic E-state index is 8.61. The van der Waals surface area contributed by atoms with Crippen molar-refractivity contribution in [1.82, 2.24) is 20.2 Å². The van der Waals surface area contributed by atoms with Crippen LogP contribution >= 0.6 is 11.8 Å². The van der Waals surface area contributed by atoms with Crippen molar-refractivity contribution in [3.8, 4) is 0 Å². The second-order valence-electron chi connectivity index (χ2n) is 7.45. The molecule has 0 saturated heterocycles. The van der Waals surface area contributed by atoms with E-state index in [9.17, 15) is 0 Å². The summed E-state index contributed by atoms with van der Waals surface area (Å²) in [5.41, 5.74) is 3.22. The largest absolute Gasteiger partial charge is 0.367 e. The first-order valence-corrected chi connectivity index (χ1v) is 10.6. The number of anilines is 1. The van der Waals surface area contributed by atoms with Gasteiger partial charge in [-0.2, -0.15) is 5.10 Å². The highest BCUT2D eigenvalue weighted by molar-refractivity contribution is 8.26. The number of hydrogen-bond donors (Lipinski definition) is 3. The van der Waals surface area contributed by atoms with Gasteiger partial charge in [0.15, 0.2) is 5.65 Å². The third kappa shape index (κ3) is 4.64. The van der Waals surface area contributed by atoms with Crippen molar-refractivity contribution in [2.45, 2.75) is 38.6 Å². The number of H-pyrrole nitrogens is 1. The van der Waals surface area contributed by atoms with Crippen molar-refractivity contribution >= 4 is 38.7 Å². The molecular formula is C21H25N7S. The molecule has 0 aliphatic heterocycles. The number of hydrogen-bond acceptors (Lipinski definition) is 7. The summed E-state index contributed by atoms with van der Waals surface area (Å²) in [7, 11) is 1.81.